The second-order valence-electron chi connectivity index (χ2n) is 6.78. The standard InChI is InChI=1S/C19H26N4O5S2/c1-5-15(16-17(24)21-19(29)23(18(16)25)10-11-28-4)20-13-6-8-14(9-7-13)30(26,27)22-12(2)3/h6-9,12,22,25H,5,10-11H2,1-4H3,(H,21,24,29). The highest BCUT2D eigenvalue weighted by Crippen LogP contribution is 2.21. The van der Waals surface area contributed by atoms with Gasteiger partial charge < -0.3 is 9.84 Å². The Labute approximate surface area is 180 Å². The van der Waals surface area contributed by atoms with Crippen molar-refractivity contribution in [3.63, 3.8) is 0 Å². The summed E-state index contributed by atoms with van der Waals surface area (Å²) in [7, 11) is -2.09. The number of aromatic nitrogens is 2. The Kier molecular flexibility index (Phi) is 8.07. The maximum absolute atomic E-state index is 12.5. The van der Waals surface area contributed by atoms with E-state index in [1.807, 2.05) is 0 Å². The fourth-order valence-electron chi connectivity index (χ4n) is 2.76. The van der Waals surface area contributed by atoms with Crippen LogP contribution in [0.25, 0.3) is 0 Å². The van der Waals surface area contributed by atoms with Gasteiger partial charge >= 0.3 is 0 Å². The Bertz CT molecular complexity index is 1130. The summed E-state index contributed by atoms with van der Waals surface area (Å²) in [5.41, 5.74) is 0.248. The van der Waals surface area contributed by atoms with E-state index in [9.17, 15) is 18.3 Å². The Morgan fingerprint density at radius 3 is 2.50 bits per heavy atom. The highest BCUT2D eigenvalue weighted by Gasteiger charge is 2.18. The number of nitrogens with zero attached hydrogens (tertiary/aromatic N) is 2. The van der Waals surface area contributed by atoms with Crippen molar-refractivity contribution in [3.05, 3.63) is 45.0 Å². The number of benzene rings is 1. The zero-order valence-corrected chi connectivity index (χ0v) is 18.9. The SMILES string of the molecule is CCC(=Nc1ccc(S(=O)(=O)NC(C)C)cc1)c1c(O)n(CCOC)c(=S)[nH]c1=O. The maximum Gasteiger partial charge on any atom is 0.264 e. The van der Waals surface area contributed by atoms with Crippen LogP contribution in [0.4, 0.5) is 5.69 Å². The zero-order chi connectivity index (χ0) is 22.5. The highest BCUT2D eigenvalue weighted by molar-refractivity contribution is 7.89. The lowest BCUT2D eigenvalue weighted by Gasteiger charge is -2.13. The zero-order valence-electron chi connectivity index (χ0n) is 17.3. The molecule has 2 aromatic rings. The van der Waals surface area contributed by atoms with Crippen LogP contribution in [0.5, 0.6) is 5.88 Å². The minimum atomic E-state index is -3.62. The van der Waals surface area contributed by atoms with Crippen LogP contribution in [0.15, 0.2) is 38.9 Å². The first-order chi connectivity index (χ1) is 14.1. The second kappa shape index (κ2) is 10.1. The lowest BCUT2D eigenvalue weighted by Crippen LogP contribution is -2.30. The van der Waals surface area contributed by atoms with Crippen LogP contribution in [0, 0.1) is 4.77 Å². The number of hydrogen-bond acceptors (Lipinski definition) is 7. The highest BCUT2D eigenvalue weighted by atomic mass is 32.2. The number of hydrogen-bond donors (Lipinski definition) is 3. The molecule has 0 aliphatic carbocycles. The van der Waals surface area contributed by atoms with E-state index in [2.05, 4.69) is 14.7 Å². The molecule has 30 heavy (non-hydrogen) atoms. The quantitative estimate of drug-likeness (QED) is 0.395. The first-order valence-electron chi connectivity index (χ1n) is 9.36. The van der Waals surface area contributed by atoms with Crippen LogP contribution < -0.4 is 10.3 Å². The van der Waals surface area contributed by atoms with Crippen molar-refractivity contribution in [2.75, 3.05) is 13.7 Å². The molecule has 0 saturated carbocycles. The van der Waals surface area contributed by atoms with Crippen molar-refractivity contribution >= 4 is 33.6 Å². The summed E-state index contributed by atoms with van der Waals surface area (Å²) >= 11 is 5.12. The summed E-state index contributed by atoms with van der Waals surface area (Å²) in [5.74, 6) is -0.290. The van der Waals surface area contributed by atoms with E-state index >= 15 is 0 Å². The molecule has 11 heteroatoms. The first-order valence-corrected chi connectivity index (χ1v) is 11.2. The first kappa shape index (κ1) is 23.9. The summed E-state index contributed by atoms with van der Waals surface area (Å²) in [5, 5.41) is 10.6. The summed E-state index contributed by atoms with van der Waals surface area (Å²) in [4.78, 5) is 19.6. The van der Waals surface area contributed by atoms with Gasteiger partial charge in [-0.25, -0.2) is 13.1 Å². The van der Waals surface area contributed by atoms with Gasteiger partial charge in [-0.1, -0.05) is 6.92 Å². The third-order valence-electron chi connectivity index (χ3n) is 4.12. The minimum Gasteiger partial charge on any atom is -0.494 e. The molecule has 0 aliphatic rings. The van der Waals surface area contributed by atoms with Crippen LogP contribution >= 0.6 is 12.2 Å². The van der Waals surface area contributed by atoms with Gasteiger partial charge in [-0.15, -0.1) is 0 Å². The van der Waals surface area contributed by atoms with Crippen molar-refractivity contribution in [1.29, 1.82) is 0 Å². The number of aliphatic imine (C=N–C) groups is 1. The van der Waals surface area contributed by atoms with Gasteiger partial charge in [0.15, 0.2) is 4.77 Å². The number of rotatable bonds is 9. The number of sulfonamides is 1. The molecular formula is C19H26N4O5S2. The average molecular weight is 455 g/mol. The van der Waals surface area contributed by atoms with E-state index in [0.29, 0.717) is 24.4 Å². The lowest BCUT2D eigenvalue weighted by molar-refractivity contribution is 0.182. The largest absolute Gasteiger partial charge is 0.494 e. The number of methoxy groups -OCH3 is 1. The minimum absolute atomic E-state index is 0.0142. The fourth-order valence-corrected chi connectivity index (χ4v) is 4.28. The predicted molar refractivity (Wildman–Crippen MR) is 118 cm³/mol. The molecule has 0 amide bonds. The fraction of sp³-hybridized carbons (Fsp3) is 0.421. The van der Waals surface area contributed by atoms with Gasteiger partial charge in [-0.3, -0.25) is 19.3 Å². The van der Waals surface area contributed by atoms with Gasteiger partial charge in [0.1, 0.15) is 5.56 Å². The van der Waals surface area contributed by atoms with Gasteiger partial charge in [-0.2, -0.15) is 0 Å². The van der Waals surface area contributed by atoms with E-state index in [4.69, 9.17) is 17.0 Å². The summed E-state index contributed by atoms with van der Waals surface area (Å²) < 4.78 is 33.5. The van der Waals surface area contributed by atoms with Crippen molar-refractivity contribution in [3.8, 4) is 5.88 Å². The van der Waals surface area contributed by atoms with E-state index < -0.39 is 15.6 Å². The molecule has 1 aromatic carbocycles. The topological polar surface area (TPSA) is 126 Å². The molecule has 164 valence electrons. The monoisotopic (exact) mass is 454 g/mol. The number of ether oxygens (including phenoxy) is 1. The maximum atomic E-state index is 12.5. The third kappa shape index (κ3) is 5.63. The van der Waals surface area contributed by atoms with Crippen LogP contribution in [0.3, 0.4) is 0 Å². The van der Waals surface area contributed by atoms with Gasteiger partial charge in [-0.05, 0) is 56.8 Å². The molecule has 1 aromatic heterocycles. The molecule has 0 spiro atoms. The molecule has 0 unspecified atom stereocenters. The molecule has 0 atom stereocenters. The molecular weight excluding hydrogens is 428 g/mol. The number of aromatic hydroxyl groups is 1. The predicted octanol–water partition coefficient (Wildman–Crippen LogP) is 2.48. The van der Waals surface area contributed by atoms with Crippen LogP contribution in [-0.2, 0) is 21.3 Å². The lowest BCUT2D eigenvalue weighted by atomic mass is 10.1. The van der Waals surface area contributed by atoms with Gasteiger partial charge in [0.05, 0.1) is 29.4 Å². The molecule has 3 N–H and O–H groups in total. The molecule has 0 radical (unpaired) electrons. The molecule has 2 rings (SSSR count). The molecule has 0 saturated heterocycles. The van der Waals surface area contributed by atoms with Crippen molar-refractivity contribution in [2.45, 2.75) is 44.7 Å². The van der Waals surface area contributed by atoms with E-state index in [1.54, 1.807) is 20.8 Å². The van der Waals surface area contributed by atoms with Crippen LogP contribution in [0.1, 0.15) is 32.8 Å². The third-order valence-corrected chi connectivity index (χ3v) is 6.11. The van der Waals surface area contributed by atoms with Crippen LogP contribution in [-0.4, -0.2) is 48.5 Å². The van der Waals surface area contributed by atoms with Crippen molar-refractivity contribution < 1.29 is 18.3 Å². The van der Waals surface area contributed by atoms with Crippen molar-refractivity contribution in [2.24, 2.45) is 4.99 Å². The van der Waals surface area contributed by atoms with E-state index in [1.165, 1.54) is 35.9 Å². The second-order valence-corrected chi connectivity index (χ2v) is 8.88. The molecule has 0 aliphatic heterocycles. The van der Waals surface area contributed by atoms with Crippen LogP contribution in [0.2, 0.25) is 0 Å². The normalized spacial score (nSPS) is 12.5. The molecule has 0 bridgehead atoms. The Morgan fingerprint density at radius 2 is 1.97 bits per heavy atom. The summed E-state index contributed by atoms with van der Waals surface area (Å²) in [6, 6.07) is 5.72. The molecule has 0 fully saturated rings. The number of aromatic amines is 1. The van der Waals surface area contributed by atoms with E-state index in [-0.39, 0.29) is 33.7 Å². The number of nitrogens with one attached hydrogen (secondary N) is 2. The Balaban J connectivity index is 2.48. The summed E-state index contributed by atoms with van der Waals surface area (Å²) in [6.07, 6.45) is 0.354. The molecule has 1 heterocycles. The summed E-state index contributed by atoms with van der Waals surface area (Å²) in [6.45, 7) is 5.83. The van der Waals surface area contributed by atoms with Gasteiger partial charge in [0.25, 0.3) is 5.56 Å². The Morgan fingerprint density at radius 1 is 1.33 bits per heavy atom. The van der Waals surface area contributed by atoms with E-state index in [0.717, 1.165) is 0 Å². The van der Waals surface area contributed by atoms with Crippen molar-refractivity contribution in [1.82, 2.24) is 14.3 Å². The smallest absolute Gasteiger partial charge is 0.264 e. The van der Waals surface area contributed by atoms with Gasteiger partial charge in [0, 0.05) is 13.2 Å². The molecule has 9 nitrogen and oxygen atoms in total. The number of H-pyrrole nitrogens is 1. The Hall–Kier alpha value is -2.34. The average Bonchev–Trinajstić information content (AvgIpc) is 2.66. The van der Waals surface area contributed by atoms with Gasteiger partial charge in [0.2, 0.25) is 15.9 Å².